The molecule has 2 heterocycles. The number of rotatable bonds is 7. The molecule has 1 atom stereocenters. The number of ether oxygens (including phenoxy) is 1. The molecule has 0 saturated carbocycles. The van der Waals surface area contributed by atoms with E-state index < -0.39 is 0 Å². The number of hydrogen-bond acceptors (Lipinski definition) is 7. The van der Waals surface area contributed by atoms with E-state index in [0.717, 1.165) is 30.0 Å². The van der Waals surface area contributed by atoms with E-state index in [4.69, 9.17) is 16.3 Å². The van der Waals surface area contributed by atoms with Gasteiger partial charge in [0.2, 0.25) is 16.9 Å². The van der Waals surface area contributed by atoms with Crippen molar-refractivity contribution in [3.63, 3.8) is 0 Å². The van der Waals surface area contributed by atoms with Gasteiger partial charge < -0.3 is 10.1 Å². The summed E-state index contributed by atoms with van der Waals surface area (Å²) in [6, 6.07) is 5.26. The van der Waals surface area contributed by atoms with Crippen LogP contribution in [0.5, 0.6) is 0 Å². The minimum atomic E-state index is -0.217. The first-order chi connectivity index (χ1) is 13.0. The smallest absolute Gasteiger partial charge is 0.236 e. The summed E-state index contributed by atoms with van der Waals surface area (Å²) in [5, 5.41) is 15.4. The Morgan fingerprint density at radius 1 is 1.30 bits per heavy atom. The molecule has 2 amide bonds. The predicted octanol–water partition coefficient (Wildman–Crippen LogP) is 3.66. The standard InChI is InChI=1S/C17H19ClN4O3S2/c1-10-7-11(18)4-5-12(10)19-14(23)8-26-9-15(24)20-17-22-21-16(27-17)13-3-2-6-25-13/h4-5,7,13H,2-3,6,8-9H2,1H3,(H,19,23)(H,20,22,24). The van der Waals surface area contributed by atoms with Gasteiger partial charge in [-0.25, -0.2) is 0 Å². The summed E-state index contributed by atoms with van der Waals surface area (Å²) in [6.07, 6.45) is 1.93. The molecular weight excluding hydrogens is 408 g/mol. The van der Waals surface area contributed by atoms with Crippen LogP contribution in [0.4, 0.5) is 10.8 Å². The number of carbonyl (C=O) groups excluding carboxylic acids is 2. The maximum Gasteiger partial charge on any atom is 0.236 e. The van der Waals surface area contributed by atoms with E-state index in [9.17, 15) is 9.59 Å². The topological polar surface area (TPSA) is 93.2 Å². The molecule has 1 unspecified atom stereocenters. The number of anilines is 2. The van der Waals surface area contributed by atoms with E-state index in [1.165, 1.54) is 23.1 Å². The third-order valence-corrected chi connectivity index (χ3v) is 5.92. The van der Waals surface area contributed by atoms with Crippen LogP contribution >= 0.6 is 34.7 Å². The van der Waals surface area contributed by atoms with Crippen LogP contribution in [-0.4, -0.2) is 40.1 Å². The largest absolute Gasteiger partial charge is 0.371 e. The first-order valence-electron chi connectivity index (χ1n) is 8.40. The van der Waals surface area contributed by atoms with Gasteiger partial charge in [-0.2, -0.15) is 0 Å². The number of nitrogens with one attached hydrogen (secondary N) is 2. The number of aryl methyl sites for hydroxylation is 1. The summed E-state index contributed by atoms with van der Waals surface area (Å²) in [4.78, 5) is 24.0. The quantitative estimate of drug-likeness (QED) is 0.701. The van der Waals surface area contributed by atoms with Crippen LogP contribution in [0.1, 0.15) is 29.5 Å². The zero-order valence-corrected chi connectivity index (χ0v) is 17.0. The normalized spacial score (nSPS) is 16.3. The number of benzene rings is 1. The number of aromatic nitrogens is 2. The van der Waals surface area contributed by atoms with Crippen molar-refractivity contribution in [1.82, 2.24) is 10.2 Å². The van der Waals surface area contributed by atoms with Crippen LogP contribution in [0, 0.1) is 6.92 Å². The third kappa shape index (κ3) is 5.90. The average Bonchev–Trinajstić information content (AvgIpc) is 3.29. The molecule has 2 N–H and O–H groups in total. The molecule has 1 aliphatic heterocycles. The highest BCUT2D eigenvalue weighted by atomic mass is 35.5. The zero-order valence-electron chi connectivity index (χ0n) is 14.7. The maximum atomic E-state index is 12.0. The monoisotopic (exact) mass is 426 g/mol. The Morgan fingerprint density at radius 2 is 2.07 bits per heavy atom. The molecule has 0 spiro atoms. The van der Waals surface area contributed by atoms with Gasteiger partial charge in [-0.3, -0.25) is 14.9 Å². The van der Waals surface area contributed by atoms with Gasteiger partial charge >= 0.3 is 0 Å². The van der Waals surface area contributed by atoms with Crippen LogP contribution in [0.2, 0.25) is 5.02 Å². The van der Waals surface area contributed by atoms with Crippen LogP contribution in [-0.2, 0) is 14.3 Å². The lowest BCUT2D eigenvalue weighted by Gasteiger charge is -2.08. The molecule has 1 aliphatic rings. The van der Waals surface area contributed by atoms with Crippen molar-refractivity contribution in [2.24, 2.45) is 0 Å². The molecule has 10 heteroatoms. The van der Waals surface area contributed by atoms with E-state index in [2.05, 4.69) is 20.8 Å². The molecule has 1 aromatic heterocycles. The fraction of sp³-hybridized carbons (Fsp3) is 0.412. The summed E-state index contributed by atoms with van der Waals surface area (Å²) < 4.78 is 5.55. The molecule has 3 rings (SSSR count). The number of nitrogens with zero attached hydrogens (tertiary/aromatic N) is 2. The lowest BCUT2D eigenvalue weighted by Crippen LogP contribution is -2.18. The minimum Gasteiger partial charge on any atom is -0.371 e. The Balaban J connectivity index is 1.39. The molecule has 1 aromatic carbocycles. The lowest BCUT2D eigenvalue weighted by atomic mass is 10.2. The number of thioether (sulfide) groups is 1. The van der Waals surface area contributed by atoms with Crippen molar-refractivity contribution < 1.29 is 14.3 Å². The predicted molar refractivity (Wildman–Crippen MR) is 109 cm³/mol. The molecule has 7 nitrogen and oxygen atoms in total. The Labute approximate surface area is 170 Å². The first-order valence-corrected chi connectivity index (χ1v) is 10.7. The van der Waals surface area contributed by atoms with Gasteiger partial charge in [-0.1, -0.05) is 22.9 Å². The van der Waals surface area contributed by atoms with Gasteiger partial charge in [0.1, 0.15) is 11.1 Å². The number of halogens is 1. The van der Waals surface area contributed by atoms with E-state index in [1.807, 2.05) is 6.92 Å². The third-order valence-electron chi connectivity index (χ3n) is 3.82. The van der Waals surface area contributed by atoms with Crippen molar-refractivity contribution in [2.45, 2.75) is 25.9 Å². The first kappa shape index (κ1) is 20.1. The molecule has 0 bridgehead atoms. The second-order valence-electron chi connectivity index (χ2n) is 6.00. The highest BCUT2D eigenvalue weighted by Crippen LogP contribution is 2.31. The van der Waals surface area contributed by atoms with Gasteiger partial charge in [0.25, 0.3) is 0 Å². The van der Waals surface area contributed by atoms with E-state index in [-0.39, 0.29) is 29.4 Å². The minimum absolute atomic E-state index is 0.0115. The maximum absolute atomic E-state index is 12.0. The number of amides is 2. The van der Waals surface area contributed by atoms with Gasteiger partial charge in [0.15, 0.2) is 0 Å². The highest BCUT2D eigenvalue weighted by Gasteiger charge is 2.22. The van der Waals surface area contributed by atoms with E-state index in [0.29, 0.717) is 15.8 Å². The van der Waals surface area contributed by atoms with Crippen molar-refractivity contribution in [2.75, 3.05) is 28.7 Å². The average molecular weight is 427 g/mol. The Bertz CT molecular complexity index is 824. The summed E-state index contributed by atoms with van der Waals surface area (Å²) in [5.41, 5.74) is 1.60. The van der Waals surface area contributed by atoms with Crippen molar-refractivity contribution in [1.29, 1.82) is 0 Å². The molecular formula is C17H19ClN4O3S2. The zero-order chi connectivity index (χ0) is 19.2. The lowest BCUT2D eigenvalue weighted by molar-refractivity contribution is -0.114. The molecule has 1 fully saturated rings. The van der Waals surface area contributed by atoms with Crippen molar-refractivity contribution >= 4 is 57.3 Å². The SMILES string of the molecule is Cc1cc(Cl)ccc1NC(=O)CSCC(=O)Nc1nnc(C2CCCO2)s1. The van der Waals surface area contributed by atoms with Gasteiger partial charge in [0.05, 0.1) is 11.5 Å². The summed E-state index contributed by atoms with van der Waals surface area (Å²) in [5.74, 6) is -0.0606. The Hall–Kier alpha value is -1.68. The van der Waals surface area contributed by atoms with Crippen molar-refractivity contribution in [3.8, 4) is 0 Å². The van der Waals surface area contributed by atoms with Crippen LogP contribution in [0.25, 0.3) is 0 Å². The molecule has 2 aromatic rings. The van der Waals surface area contributed by atoms with Gasteiger partial charge in [-0.05, 0) is 43.5 Å². The summed E-state index contributed by atoms with van der Waals surface area (Å²) >= 11 is 8.45. The number of hydrogen-bond donors (Lipinski definition) is 2. The molecule has 0 aliphatic carbocycles. The summed E-state index contributed by atoms with van der Waals surface area (Å²) in [6.45, 7) is 2.61. The Kier molecular flexibility index (Phi) is 7.06. The number of carbonyl (C=O) groups is 2. The summed E-state index contributed by atoms with van der Waals surface area (Å²) in [7, 11) is 0. The van der Waals surface area contributed by atoms with Crippen molar-refractivity contribution in [3.05, 3.63) is 33.8 Å². The fourth-order valence-corrected chi connectivity index (χ4v) is 4.22. The van der Waals surface area contributed by atoms with Crippen LogP contribution in [0.3, 0.4) is 0 Å². The van der Waals surface area contributed by atoms with Crippen LogP contribution < -0.4 is 10.6 Å². The second-order valence-corrected chi connectivity index (χ2v) is 8.43. The van der Waals surface area contributed by atoms with Gasteiger partial charge in [-0.15, -0.1) is 22.0 Å². The van der Waals surface area contributed by atoms with E-state index >= 15 is 0 Å². The molecule has 1 saturated heterocycles. The molecule has 27 heavy (non-hydrogen) atoms. The van der Waals surface area contributed by atoms with Gasteiger partial charge in [0, 0.05) is 17.3 Å². The second kappa shape index (κ2) is 9.50. The van der Waals surface area contributed by atoms with E-state index in [1.54, 1.807) is 18.2 Å². The van der Waals surface area contributed by atoms with Crippen LogP contribution in [0.15, 0.2) is 18.2 Å². The molecule has 0 radical (unpaired) electrons. The fourth-order valence-electron chi connectivity index (χ4n) is 2.53. The highest BCUT2D eigenvalue weighted by molar-refractivity contribution is 8.00. The Morgan fingerprint density at radius 3 is 2.78 bits per heavy atom. The molecule has 144 valence electrons.